The first kappa shape index (κ1) is 27.6. The molecule has 4 rings (SSSR count). The summed E-state index contributed by atoms with van der Waals surface area (Å²) in [4.78, 5) is 43.0. The Kier molecular flexibility index (Phi) is 8.69. The Morgan fingerprint density at radius 1 is 1.29 bits per heavy atom. The van der Waals surface area contributed by atoms with Crippen molar-refractivity contribution in [3.8, 4) is 6.07 Å². The van der Waals surface area contributed by atoms with Gasteiger partial charge in [0.25, 0.3) is 11.5 Å². The summed E-state index contributed by atoms with van der Waals surface area (Å²) < 4.78 is 7.17. The molecular weight excluding hydrogens is 520 g/mol. The molecule has 1 aromatic carbocycles. The highest BCUT2D eigenvalue weighted by Crippen LogP contribution is 2.36. The third-order valence-corrected chi connectivity index (χ3v) is 8.30. The summed E-state index contributed by atoms with van der Waals surface area (Å²) in [5, 5.41) is 9.74. The van der Waals surface area contributed by atoms with E-state index in [1.54, 1.807) is 31.9 Å². The summed E-state index contributed by atoms with van der Waals surface area (Å²) in [7, 11) is 1.62. The van der Waals surface area contributed by atoms with Gasteiger partial charge in [-0.05, 0) is 50.3 Å². The van der Waals surface area contributed by atoms with Gasteiger partial charge in [-0.15, -0.1) is 0 Å². The number of hydrogen-bond donors (Lipinski definition) is 0. The molecule has 2 aromatic rings. The predicted octanol–water partition coefficient (Wildman–Crippen LogP) is 3.79. The fourth-order valence-corrected chi connectivity index (χ4v) is 6.22. The van der Waals surface area contributed by atoms with Crippen LogP contribution in [0.15, 0.2) is 40.0 Å². The molecule has 0 saturated carbocycles. The molecule has 198 valence electrons. The Morgan fingerprint density at radius 2 is 2.03 bits per heavy atom. The number of esters is 1. The van der Waals surface area contributed by atoms with Crippen LogP contribution in [0.25, 0.3) is 6.08 Å². The fourth-order valence-electron chi connectivity index (χ4n) is 4.93. The molecule has 1 unspecified atom stereocenters. The van der Waals surface area contributed by atoms with Gasteiger partial charge in [0, 0.05) is 32.2 Å². The molecule has 0 radical (unpaired) electrons. The topological polar surface area (TPSA) is 95.6 Å². The van der Waals surface area contributed by atoms with Crippen LogP contribution in [0, 0.1) is 24.2 Å². The van der Waals surface area contributed by atoms with E-state index in [0.29, 0.717) is 65.3 Å². The lowest BCUT2D eigenvalue weighted by Gasteiger charge is -2.35. The molecule has 0 spiro atoms. The number of piperidine rings is 1. The number of amides is 1. The zero-order valence-corrected chi connectivity index (χ0v) is 23.4. The van der Waals surface area contributed by atoms with Crippen molar-refractivity contribution in [2.75, 3.05) is 31.1 Å². The van der Waals surface area contributed by atoms with E-state index in [0.717, 1.165) is 12.0 Å². The minimum atomic E-state index is -0.411. The molecule has 1 atom stereocenters. The SMILES string of the molecule is CCOC(=O)C1CCCN(c2c(/C=C3\SC(=S)N(CCc4ccccc4)C3=O)c(C)c(C#N)c(=O)n2C)C1. The van der Waals surface area contributed by atoms with Crippen molar-refractivity contribution in [1.29, 1.82) is 5.26 Å². The molecule has 0 aliphatic carbocycles. The van der Waals surface area contributed by atoms with E-state index in [9.17, 15) is 19.6 Å². The van der Waals surface area contributed by atoms with Crippen LogP contribution in [0.2, 0.25) is 0 Å². The third kappa shape index (κ3) is 5.54. The number of ether oxygens (including phenoxy) is 1. The Labute approximate surface area is 231 Å². The molecule has 8 nitrogen and oxygen atoms in total. The van der Waals surface area contributed by atoms with Gasteiger partial charge in [0.2, 0.25) is 0 Å². The number of nitriles is 1. The molecule has 10 heteroatoms. The number of carbonyl (C=O) groups excluding carboxylic acids is 2. The maximum atomic E-state index is 13.4. The van der Waals surface area contributed by atoms with Crippen molar-refractivity contribution in [1.82, 2.24) is 9.47 Å². The summed E-state index contributed by atoms with van der Waals surface area (Å²) in [5.41, 5.74) is 1.84. The Balaban J connectivity index is 1.71. The highest BCUT2D eigenvalue weighted by Gasteiger charge is 2.34. The van der Waals surface area contributed by atoms with Crippen LogP contribution in [-0.2, 0) is 27.8 Å². The van der Waals surface area contributed by atoms with E-state index in [-0.39, 0.29) is 23.4 Å². The molecule has 2 saturated heterocycles. The van der Waals surface area contributed by atoms with Gasteiger partial charge < -0.3 is 9.64 Å². The Bertz CT molecular complexity index is 1390. The summed E-state index contributed by atoms with van der Waals surface area (Å²) in [5.74, 6) is -0.195. The summed E-state index contributed by atoms with van der Waals surface area (Å²) in [6, 6.07) is 11.9. The number of nitrogens with zero attached hydrogens (tertiary/aromatic N) is 4. The number of thioether (sulfide) groups is 1. The van der Waals surface area contributed by atoms with Crippen LogP contribution in [0.5, 0.6) is 0 Å². The van der Waals surface area contributed by atoms with E-state index in [1.807, 2.05) is 41.3 Å². The first-order valence-electron chi connectivity index (χ1n) is 12.6. The molecular formula is C28H30N4O4S2. The second kappa shape index (κ2) is 12.0. The maximum absolute atomic E-state index is 13.4. The van der Waals surface area contributed by atoms with Gasteiger partial charge in [-0.25, -0.2) is 0 Å². The lowest BCUT2D eigenvalue weighted by atomic mass is 9.96. The van der Waals surface area contributed by atoms with Crippen LogP contribution in [0.1, 0.15) is 42.0 Å². The Morgan fingerprint density at radius 3 is 2.71 bits per heavy atom. The minimum absolute atomic E-state index is 0.0287. The number of hydrogen-bond acceptors (Lipinski definition) is 8. The zero-order chi connectivity index (χ0) is 27.4. The normalized spacial score (nSPS) is 18.7. The van der Waals surface area contributed by atoms with E-state index in [2.05, 4.69) is 0 Å². The van der Waals surface area contributed by atoms with Crippen LogP contribution >= 0.6 is 24.0 Å². The van der Waals surface area contributed by atoms with Crippen molar-refractivity contribution in [3.05, 3.63) is 67.8 Å². The lowest BCUT2D eigenvalue weighted by molar-refractivity contribution is -0.148. The van der Waals surface area contributed by atoms with E-state index in [1.165, 1.54) is 16.3 Å². The maximum Gasteiger partial charge on any atom is 0.310 e. The highest BCUT2D eigenvalue weighted by molar-refractivity contribution is 8.26. The largest absolute Gasteiger partial charge is 0.466 e. The number of aromatic nitrogens is 1. The third-order valence-electron chi connectivity index (χ3n) is 6.92. The molecule has 0 N–H and O–H groups in total. The van der Waals surface area contributed by atoms with Crippen molar-refractivity contribution < 1.29 is 14.3 Å². The zero-order valence-electron chi connectivity index (χ0n) is 21.7. The predicted molar refractivity (Wildman–Crippen MR) is 153 cm³/mol. The first-order valence-corrected chi connectivity index (χ1v) is 13.8. The molecule has 1 amide bonds. The second-order valence-electron chi connectivity index (χ2n) is 9.32. The van der Waals surface area contributed by atoms with Gasteiger partial charge in [-0.1, -0.05) is 54.3 Å². The first-order chi connectivity index (χ1) is 18.3. The van der Waals surface area contributed by atoms with Crippen molar-refractivity contribution in [2.24, 2.45) is 13.0 Å². The number of thiocarbonyl (C=S) groups is 1. The fraction of sp³-hybridized carbons (Fsp3) is 0.393. The van der Waals surface area contributed by atoms with E-state index in [4.69, 9.17) is 17.0 Å². The van der Waals surface area contributed by atoms with Crippen molar-refractivity contribution >= 4 is 52.1 Å². The number of pyridine rings is 1. The second-order valence-corrected chi connectivity index (χ2v) is 11.0. The molecule has 2 aliphatic heterocycles. The number of anilines is 1. The van der Waals surface area contributed by atoms with Gasteiger partial charge in [-0.2, -0.15) is 5.26 Å². The summed E-state index contributed by atoms with van der Waals surface area (Å²) >= 11 is 6.76. The van der Waals surface area contributed by atoms with Crippen LogP contribution < -0.4 is 10.5 Å². The molecule has 0 bridgehead atoms. The van der Waals surface area contributed by atoms with Gasteiger partial charge in [0.05, 0.1) is 17.4 Å². The molecule has 1 aromatic heterocycles. The average Bonchev–Trinajstić information content (AvgIpc) is 3.19. The molecule has 3 heterocycles. The summed E-state index contributed by atoms with van der Waals surface area (Å²) in [6.07, 6.45) is 3.86. The number of carbonyl (C=O) groups is 2. The van der Waals surface area contributed by atoms with Crippen molar-refractivity contribution in [3.63, 3.8) is 0 Å². The van der Waals surface area contributed by atoms with E-state index < -0.39 is 5.56 Å². The van der Waals surface area contributed by atoms with Gasteiger partial charge in [-0.3, -0.25) is 23.9 Å². The van der Waals surface area contributed by atoms with Crippen LogP contribution in [-0.4, -0.2) is 51.9 Å². The molecule has 2 aliphatic rings. The van der Waals surface area contributed by atoms with Crippen molar-refractivity contribution in [2.45, 2.75) is 33.1 Å². The monoisotopic (exact) mass is 550 g/mol. The lowest BCUT2D eigenvalue weighted by Crippen LogP contribution is -2.42. The van der Waals surface area contributed by atoms with Gasteiger partial charge in [0.15, 0.2) is 0 Å². The minimum Gasteiger partial charge on any atom is -0.466 e. The van der Waals surface area contributed by atoms with Gasteiger partial charge >= 0.3 is 5.97 Å². The molecule has 38 heavy (non-hydrogen) atoms. The number of rotatable bonds is 7. The van der Waals surface area contributed by atoms with Crippen LogP contribution in [0.4, 0.5) is 5.82 Å². The number of benzene rings is 1. The standard InChI is InChI=1S/C28H30N4O4S2/c1-4-36-27(35)20-11-8-13-31(17-20)24-21(18(2)22(16-29)25(33)30(24)3)15-23-26(34)32(28(37)38-23)14-12-19-9-6-5-7-10-19/h5-7,9-10,15,20H,4,8,11-14,17H2,1-3H3/b23-15-. The quantitative estimate of drug-likeness (QED) is 0.292. The van der Waals surface area contributed by atoms with Gasteiger partial charge in [0.1, 0.15) is 21.8 Å². The van der Waals surface area contributed by atoms with E-state index >= 15 is 0 Å². The van der Waals surface area contributed by atoms with Crippen LogP contribution in [0.3, 0.4) is 0 Å². The highest BCUT2D eigenvalue weighted by atomic mass is 32.2. The molecule has 2 fully saturated rings. The summed E-state index contributed by atoms with van der Waals surface area (Å²) in [6.45, 7) is 5.28. The Hall–Kier alpha value is -3.42. The smallest absolute Gasteiger partial charge is 0.310 e. The average molecular weight is 551 g/mol.